The van der Waals surface area contributed by atoms with Crippen LogP contribution in [0.2, 0.25) is 0 Å². The third kappa shape index (κ3) is 3.10. The highest BCUT2D eigenvalue weighted by Crippen LogP contribution is 2.20. The summed E-state index contributed by atoms with van der Waals surface area (Å²) in [5.41, 5.74) is 1.99. The van der Waals surface area contributed by atoms with Gasteiger partial charge in [-0.25, -0.2) is 4.79 Å². The van der Waals surface area contributed by atoms with Crippen LogP contribution in [0, 0.1) is 0 Å². The second-order valence-corrected chi connectivity index (χ2v) is 4.43. The Morgan fingerprint density at radius 3 is 2.88 bits per heavy atom. The Labute approximate surface area is 106 Å². The molecule has 0 spiro atoms. The Kier molecular flexibility index (Phi) is 3.49. The molecule has 0 amide bonds. The van der Waals surface area contributed by atoms with Crippen LogP contribution in [-0.2, 0) is 6.54 Å². The maximum atomic E-state index is 10.9. The lowest BCUT2D eigenvalue weighted by molar-refractivity contribution is 0.0697. The second-order valence-electron chi connectivity index (χ2n) is 3.52. The smallest absolute Gasteiger partial charge is 0.335 e. The number of nitrogens with one attached hydrogen (secondary N) is 1. The van der Waals surface area contributed by atoms with Gasteiger partial charge in [-0.2, -0.15) is 0 Å². The SMILES string of the molecule is O=C(O)c1cc(Br)cc(NCc2ccoc2)c1. The highest BCUT2D eigenvalue weighted by molar-refractivity contribution is 9.10. The number of benzene rings is 1. The number of hydrogen-bond acceptors (Lipinski definition) is 3. The minimum atomic E-state index is -0.947. The molecule has 0 unspecified atom stereocenters. The summed E-state index contributed by atoms with van der Waals surface area (Å²) in [5, 5.41) is 12.1. The topological polar surface area (TPSA) is 62.5 Å². The van der Waals surface area contributed by atoms with E-state index in [0.717, 1.165) is 15.7 Å². The average Bonchev–Trinajstić information content (AvgIpc) is 2.78. The number of aromatic carboxylic acids is 1. The third-order valence-electron chi connectivity index (χ3n) is 2.22. The van der Waals surface area contributed by atoms with Crippen molar-refractivity contribution in [3.8, 4) is 0 Å². The van der Waals surface area contributed by atoms with Crippen molar-refractivity contribution in [3.63, 3.8) is 0 Å². The number of furan rings is 1. The molecule has 0 saturated carbocycles. The van der Waals surface area contributed by atoms with Gasteiger partial charge in [-0.3, -0.25) is 0 Å². The normalized spacial score (nSPS) is 10.2. The van der Waals surface area contributed by atoms with E-state index in [1.54, 1.807) is 24.7 Å². The van der Waals surface area contributed by atoms with E-state index in [2.05, 4.69) is 21.2 Å². The zero-order valence-corrected chi connectivity index (χ0v) is 10.4. The van der Waals surface area contributed by atoms with Gasteiger partial charge in [-0.05, 0) is 24.3 Å². The summed E-state index contributed by atoms with van der Waals surface area (Å²) < 4.78 is 5.67. The van der Waals surface area contributed by atoms with Crippen molar-refractivity contribution < 1.29 is 14.3 Å². The largest absolute Gasteiger partial charge is 0.478 e. The predicted molar refractivity (Wildman–Crippen MR) is 67.1 cm³/mol. The molecule has 0 saturated heterocycles. The summed E-state index contributed by atoms with van der Waals surface area (Å²) in [5.74, 6) is -0.947. The molecule has 2 N–H and O–H groups in total. The lowest BCUT2D eigenvalue weighted by Crippen LogP contribution is -2.01. The van der Waals surface area contributed by atoms with Gasteiger partial charge in [0.15, 0.2) is 0 Å². The summed E-state index contributed by atoms with van der Waals surface area (Å²) >= 11 is 3.28. The van der Waals surface area contributed by atoms with Gasteiger partial charge in [0.2, 0.25) is 0 Å². The van der Waals surface area contributed by atoms with Crippen molar-refractivity contribution in [1.29, 1.82) is 0 Å². The van der Waals surface area contributed by atoms with E-state index in [1.165, 1.54) is 0 Å². The Hall–Kier alpha value is -1.75. The second kappa shape index (κ2) is 5.05. The van der Waals surface area contributed by atoms with E-state index in [-0.39, 0.29) is 5.56 Å². The summed E-state index contributed by atoms with van der Waals surface area (Å²) in [4.78, 5) is 10.9. The standard InChI is InChI=1S/C12H10BrNO3/c13-10-3-9(12(15)16)4-11(5-10)14-6-8-1-2-17-7-8/h1-5,7,14H,6H2,(H,15,16). The monoisotopic (exact) mass is 295 g/mol. The van der Waals surface area contributed by atoms with Crippen molar-refractivity contribution in [2.24, 2.45) is 0 Å². The molecule has 1 aromatic carbocycles. The molecule has 1 heterocycles. The van der Waals surface area contributed by atoms with Gasteiger partial charge in [0, 0.05) is 22.3 Å². The van der Waals surface area contributed by atoms with E-state index in [0.29, 0.717) is 6.54 Å². The molecule has 0 aliphatic heterocycles. The highest BCUT2D eigenvalue weighted by Gasteiger charge is 2.06. The molecule has 5 heteroatoms. The van der Waals surface area contributed by atoms with E-state index in [9.17, 15) is 4.79 Å². The van der Waals surface area contributed by atoms with Crippen LogP contribution in [0.25, 0.3) is 0 Å². The number of rotatable bonds is 4. The van der Waals surface area contributed by atoms with Crippen LogP contribution in [0.15, 0.2) is 45.7 Å². The number of carbonyl (C=O) groups is 1. The molecule has 0 bridgehead atoms. The number of halogens is 1. The number of hydrogen-bond donors (Lipinski definition) is 2. The van der Waals surface area contributed by atoms with E-state index < -0.39 is 5.97 Å². The van der Waals surface area contributed by atoms with Crippen molar-refractivity contribution in [2.75, 3.05) is 5.32 Å². The first-order chi connectivity index (χ1) is 8.15. The molecule has 0 aliphatic rings. The number of carboxylic acid groups (broad SMARTS) is 1. The fourth-order valence-electron chi connectivity index (χ4n) is 1.41. The molecular formula is C12H10BrNO3. The lowest BCUT2D eigenvalue weighted by Gasteiger charge is -2.06. The zero-order chi connectivity index (χ0) is 12.3. The van der Waals surface area contributed by atoms with E-state index in [1.807, 2.05) is 12.1 Å². The predicted octanol–water partition coefficient (Wildman–Crippen LogP) is 3.35. The molecule has 2 rings (SSSR count). The first kappa shape index (κ1) is 11.7. The van der Waals surface area contributed by atoms with Gasteiger partial charge in [0.25, 0.3) is 0 Å². The molecule has 88 valence electrons. The minimum Gasteiger partial charge on any atom is -0.478 e. The fraction of sp³-hybridized carbons (Fsp3) is 0.0833. The third-order valence-corrected chi connectivity index (χ3v) is 2.68. The van der Waals surface area contributed by atoms with Crippen molar-refractivity contribution in [1.82, 2.24) is 0 Å². The average molecular weight is 296 g/mol. The van der Waals surface area contributed by atoms with Crippen LogP contribution in [0.3, 0.4) is 0 Å². The maximum absolute atomic E-state index is 10.9. The van der Waals surface area contributed by atoms with Gasteiger partial charge in [0.1, 0.15) is 0 Å². The summed E-state index contributed by atoms with van der Waals surface area (Å²) in [6, 6.07) is 6.83. The first-order valence-electron chi connectivity index (χ1n) is 4.94. The molecule has 1 aromatic heterocycles. The Balaban J connectivity index is 2.13. The van der Waals surface area contributed by atoms with Crippen molar-refractivity contribution in [3.05, 3.63) is 52.4 Å². The summed E-state index contributed by atoms with van der Waals surface area (Å²) in [6.45, 7) is 0.589. The lowest BCUT2D eigenvalue weighted by atomic mass is 10.2. The molecule has 0 atom stereocenters. The Bertz CT molecular complexity index is 523. The first-order valence-corrected chi connectivity index (χ1v) is 5.73. The molecule has 17 heavy (non-hydrogen) atoms. The molecule has 2 aromatic rings. The van der Waals surface area contributed by atoms with Crippen molar-refractivity contribution in [2.45, 2.75) is 6.54 Å². The van der Waals surface area contributed by atoms with Crippen LogP contribution in [0.5, 0.6) is 0 Å². The van der Waals surface area contributed by atoms with Crippen LogP contribution in [0.4, 0.5) is 5.69 Å². The number of carboxylic acids is 1. The Morgan fingerprint density at radius 1 is 1.41 bits per heavy atom. The van der Waals surface area contributed by atoms with Crippen LogP contribution in [0.1, 0.15) is 15.9 Å². The van der Waals surface area contributed by atoms with E-state index >= 15 is 0 Å². The number of anilines is 1. The van der Waals surface area contributed by atoms with Crippen LogP contribution in [-0.4, -0.2) is 11.1 Å². The van der Waals surface area contributed by atoms with Gasteiger partial charge in [-0.15, -0.1) is 0 Å². The van der Waals surface area contributed by atoms with Gasteiger partial charge < -0.3 is 14.8 Å². The van der Waals surface area contributed by atoms with E-state index in [4.69, 9.17) is 9.52 Å². The van der Waals surface area contributed by atoms with Gasteiger partial charge >= 0.3 is 5.97 Å². The van der Waals surface area contributed by atoms with Crippen molar-refractivity contribution >= 4 is 27.6 Å². The Morgan fingerprint density at radius 2 is 2.24 bits per heavy atom. The quantitative estimate of drug-likeness (QED) is 0.908. The fourth-order valence-corrected chi connectivity index (χ4v) is 1.91. The van der Waals surface area contributed by atoms with Crippen LogP contribution < -0.4 is 5.32 Å². The molecular weight excluding hydrogens is 286 g/mol. The van der Waals surface area contributed by atoms with Crippen LogP contribution >= 0.6 is 15.9 Å². The molecule has 0 fully saturated rings. The summed E-state index contributed by atoms with van der Waals surface area (Å²) in [6.07, 6.45) is 3.24. The molecule has 4 nitrogen and oxygen atoms in total. The summed E-state index contributed by atoms with van der Waals surface area (Å²) in [7, 11) is 0. The molecule has 0 aliphatic carbocycles. The zero-order valence-electron chi connectivity index (χ0n) is 8.81. The molecule has 0 radical (unpaired) electrons. The van der Waals surface area contributed by atoms with Gasteiger partial charge in [0.05, 0.1) is 18.1 Å². The maximum Gasteiger partial charge on any atom is 0.335 e. The minimum absolute atomic E-state index is 0.245. The highest BCUT2D eigenvalue weighted by atomic mass is 79.9. The van der Waals surface area contributed by atoms with Gasteiger partial charge in [-0.1, -0.05) is 15.9 Å².